The molecule has 0 unspecified atom stereocenters. The zero-order valence-electron chi connectivity index (χ0n) is 17.0. The lowest BCUT2D eigenvalue weighted by molar-refractivity contribution is -0.142. The summed E-state index contributed by atoms with van der Waals surface area (Å²) in [6, 6.07) is -0.345. The van der Waals surface area contributed by atoms with E-state index in [0.29, 0.717) is 55.3 Å². The highest BCUT2D eigenvalue weighted by atomic mass is 16.5. The van der Waals surface area contributed by atoms with Gasteiger partial charge in [-0.2, -0.15) is 0 Å². The smallest absolute Gasteiger partial charge is 0.339 e. The second kappa shape index (κ2) is 8.45. The molecule has 2 aliphatic rings. The van der Waals surface area contributed by atoms with Crippen LogP contribution in [0.1, 0.15) is 51.9 Å². The van der Waals surface area contributed by atoms with Crippen LogP contribution in [0, 0.1) is 13.8 Å². The van der Waals surface area contributed by atoms with E-state index in [2.05, 4.69) is 9.88 Å². The third kappa shape index (κ3) is 3.84. The number of nitrogens with zero attached hydrogens (tertiary/aromatic N) is 2. The fourth-order valence-corrected chi connectivity index (χ4v) is 4.09. The predicted octanol–water partition coefficient (Wildman–Crippen LogP) is 1.31. The zero-order chi connectivity index (χ0) is 20.4. The zero-order valence-corrected chi connectivity index (χ0v) is 17.0. The Morgan fingerprint density at radius 3 is 2.43 bits per heavy atom. The molecule has 1 aromatic rings. The molecule has 8 nitrogen and oxygen atoms in total. The van der Waals surface area contributed by atoms with Crippen molar-refractivity contribution in [3.05, 3.63) is 22.5 Å². The van der Waals surface area contributed by atoms with Gasteiger partial charge in [-0.3, -0.25) is 14.5 Å². The van der Waals surface area contributed by atoms with Crippen molar-refractivity contribution in [2.24, 2.45) is 0 Å². The number of aromatic nitrogens is 1. The van der Waals surface area contributed by atoms with E-state index in [4.69, 9.17) is 9.47 Å². The maximum atomic E-state index is 13.0. The molecule has 2 saturated heterocycles. The van der Waals surface area contributed by atoms with E-state index < -0.39 is 5.97 Å². The fourth-order valence-electron chi connectivity index (χ4n) is 4.09. The van der Waals surface area contributed by atoms with Gasteiger partial charge >= 0.3 is 5.97 Å². The highest BCUT2D eigenvalue weighted by Gasteiger charge is 2.34. The number of carbonyl (C=O) groups is 3. The Morgan fingerprint density at radius 1 is 1.18 bits per heavy atom. The van der Waals surface area contributed by atoms with Gasteiger partial charge in [-0.25, -0.2) is 4.79 Å². The minimum atomic E-state index is -0.445. The van der Waals surface area contributed by atoms with Crippen LogP contribution in [0.4, 0.5) is 0 Å². The van der Waals surface area contributed by atoms with Crippen molar-refractivity contribution in [2.75, 3.05) is 39.9 Å². The standard InChI is InChI=1S/C20H29N3O5/c1-12-16(20(26)27-4)13(2)21-17(12)18(24)14(3)22-7-9-23(10-8-22)19(25)15-6-5-11-28-15/h14-15,21H,5-11H2,1-4H3/t14-,15-/m1/s1. The summed E-state index contributed by atoms with van der Waals surface area (Å²) in [5, 5.41) is 0. The summed E-state index contributed by atoms with van der Waals surface area (Å²) in [5.41, 5.74) is 2.12. The molecule has 3 rings (SSSR count). The molecule has 154 valence electrons. The molecule has 1 aromatic heterocycles. The van der Waals surface area contributed by atoms with Gasteiger partial charge < -0.3 is 19.4 Å². The first-order chi connectivity index (χ1) is 13.3. The van der Waals surface area contributed by atoms with Crippen LogP contribution in [-0.4, -0.2) is 84.5 Å². The third-order valence-corrected chi connectivity index (χ3v) is 5.83. The van der Waals surface area contributed by atoms with E-state index in [-0.39, 0.29) is 23.8 Å². The first-order valence-electron chi connectivity index (χ1n) is 9.81. The van der Waals surface area contributed by atoms with Crippen LogP contribution in [0.15, 0.2) is 0 Å². The average molecular weight is 391 g/mol. The van der Waals surface area contributed by atoms with Crippen molar-refractivity contribution >= 4 is 17.7 Å². The van der Waals surface area contributed by atoms with Gasteiger partial charge in [0.2, 0.25) is 0 Å². The summed E-state index contributed by atoms with van der Waals surface area (Å²) in [7, 11) is 1.33. The Morgan fingerprint density at radius 2 is 1.86 bits per heavy atom. The summed E-state index contributed by atoms with van der Waals surface area (Å²) < 4.78 is 10.3. The first kappa shape index (κ1) is 20.5. The SMILES string of the molecule is COC(=O)c1c(C)[nH]c(C(=O)[C@@H](C)N2CCN(C(=O)[C@H]3CCCO3)CC2)c1C. The number of piperazine rings is 1. The van der Waals surface area contributed by atoms with Gasteiger partial charge in [-0.1, -0.05) is 0 Å². The molecule has 2 atom stereocenters. The number of methoxy groups -OCH3 is 1. The molecule has 0 spiro atoms. The second-order valence-corrected chi connectivity index (χ2v) is 7.52. The van der Waals surface area contributed by atoms with E-state index >= 15 is 0 Å². The molecule has 0 radical (unpaired) electrons. The Balaban J connectivity index is 1.63. The number of rotatable bonds is 5. The van der Waals surface area contributed by atoms with Crippen LogP contribution in [-0.2, 0) is 14.3 Å². The number of nitrogens with one attached hydrogen (secondary N) is 1. The number of hydrogen-bond donors (Lipinski definition) is 1. The lowest BCUT2D eigenvalue weighted by Gasteiger charge is -2.38. The number of H-pyrrole nitrogens is 1. The number of amides is 1. The Hall–Kier alpha value is -2.19. The summed E-state index contributed by atoms with van der Waals surface area (Å²) in [4.78, 5) is 44.4. The minimum Gasteiger partial charge on any atom is -0.465 e. The summed E-state index contributed by atoms with van der Waals surface area (Å²) in [6.07, 6.45) is 1.43. The molecule has 1 amide bonds. The van der Waals surface area contributed by atoms with Crippen molar-refractivity contribution in [3.8, 4) is 0 Å². The molecule has 0 saturated carbocycles. The molecule has 0 aromatic carbocycles. The van der Waals surface area contributed by atoms with Crippen LogP contribution in [0.2, 0.25) is 0 Å². The normalized spacial score (nSPS) is 21.6. The second-order valence-electron chi connectivity index (χ2n) is 7.52. The van der Waals surface area contributed by atoms with Gasteiger partial charge in [0, 0.05) is 38.5 Å². The lowest BCUT2D eigenvalue weighted by atomic mass is 10.0. The average Bonchev–Trinajstić information content (AvgIpc) is 3.34. The molecule has 2 aliphatic heterocycles. The van der Waals surface area contributed by atoms with Crippen LogP contribution in [0.3, 0.4) is 0 Å². The number of Topliss-reactive ketones (excluding diaryl/α,β-unsaturated/α-hetero) is 1. The number of aryl methyl sites for hydroxylation is 1. The number of ether oxygens (including phenoxy) is 2. The Bertz CT molecular complexity index is 758. The van der Waals surface area contributed by atoms with E-state index in [0.717, 1.165) is 12.8 Å². The van der Waals surface area contributed by atoms with Gasteiger partial charge in [0.15, 0.2) is 5.78 Å². The summed E-state index contributed by atoms with van der Waals surface area (Å²) in [6.45, 7) is 8.49. The first-order valence-corrected chi connectivity index (χ1v) is 9.81. The van der Waals surface area contributed by atoms with Crippen molar-refractivity contribution in [3.63, 3.8) is 0 Å². The van der Waals surface area contributed by atoms with E-state index in [1.165, 1.54) is 7.11 Å². The number of aromatic amines is 1. The lowest BCUT2D eigenvalue weighted by Crippen LogP contribution is -2.54. The predicted molar refractivity (Wildman–Crippen MR) is 103 cm³/mol. The number of esters is 1. The monoisotopic (exact) mass is 391 g/mol. The Kier molecular flexibility index (Phi) is 6.20. The van der Waals surface area contributed by atoms with Gasteiger partial charge in [0.25, 0.3) is 5.91 Å². The van der Waals surface area contributed by atoms with E-state index in [9.17, 15) is 14.4 Å². The van der Waals surface area contributed by atoms with Gasteiger partial charge in [-0.05, 0) is 39.2 Å². The minimum absolute atomic E-state index is 0.0605. The Labute approximate surface area is 165 Å². The van der Waals surface area contributed by atoms with Crippen molar-refractivity contribution < 1.29 is 23.9 Å². The maximum Gasteiger partial charge on any atom is 0.339 e. The number of hydrogen-bond acceptors (Lipinski definition) is 6. The maximum absolute atomic E-state index is 13.0. The topological polar surface area (TPSA) is 91.9 Å². The van der Waals surface area contributed by atoms with Crippen LogP contribution >= 0.6 is 0 Å². The fraction of sp³-hybridized carbons (Fsp3) is 0.650. The largest absolute Gasteiger partial charge is 0.465 e. The number of ketones is 1. The molecule has 0 bridgehead atoms. The summed E-state index contributed by atoms with van der Waals surface area (Å²) in [5.74, 6) is -0.441. The molecule has 3 heterocycles. The van der Waals surface area contributed by atoms with E-state index in [1.807, 2.05) is 11.8 Å². The van der Waals surface area contributed by atoms with Crippen LogP contribution in [0.5, 0.6) is 0 Å². The van der Waals surface area contributed by atoms with Gasteiger partial charge in [0.05, 0.1) is 24.4 Å². The van der Waals surface area contributed by atoms with Crippen LogP contribution in [0.25, 0.3) is 0 Å². The molecule has 28 heavy (non-hydrogen) atoms. The van der Waals surface area contributed by atoms with Gasteiger partial charge in [-0.15, -0.1) is 0 Å². The third-order valence-electron chi connectivity index (χ3n) is 5.83. The molecular weight excluding hydrogens is 362 g/mol. The highest BCUT2D eigenvalue weighted by Crippen LogP contribution is 2.22. The molecule has 1 N–H and O–H groups in total. The molecular formula is C20H29N3O5. The highest BCUT2D eigenvalue weighted by molar-refractivity contribution is 6.03. The van der Waals surface area contributed by atoms with Crippen LogP contribution < -0.4 is 0 Å². The van der Waals surface area contributed by atoms with E-state index in [1.54, 1.807) is 13.8 Å². The molecule has 8 heteroatoms. The van der Waals surface area contributed by atoms with Crippen molar-refractivity contribution in [1.29, 1.82) is 0 Å². The quantitative estimate of drug-likeness (QED) is 0.601. The van der Waals surface area contributed by atoms with Crippen molar-refractivity contribution in [2.45, 2.75) is 45.8 Å². The van der Waals surface area contributed by atoms with Gasteiger partial charge in [0.1, 0.15) is 6.10 Å². The molecule has 2 fully saturated rings. The summed E-state index contributed by atoms with van der Waals surface area (Å²) >= 11 is 0. The molecule has 0 aliphatic carbocycles. The van der Waals surface area contributed by atoms with Crippen molar-refractivity contribution in [1.82, 2.24) is 14.8 Å². The number of carbonyl (C=O) groups excluding carboxylic acids is 3.